The van der Waals surface area contributed by atoms with Crippen LogP contribution in [-0.4, -0.2) is 37.1 Å². The van der Waals surface area contributed by atoms with Crippen LogP contribution in [-0.2, 0) is 6.18 Å². The number of halogens is 3. The number of anilines is 1. The maximum absolute atomic E-state index is 12.7. The Kier molecular flexibility index (Phi) is 4.58. The summed E-state index contributed by atoms with van der Waals surface area (Å²) in [7, 11) is 0. The van der Waals surface area contributed by atoms with E-state index in [0.29, 0.717) is 11.7 Å². The Morgan fingerprint density at radius 1 is 1.15 bits per heavy atom. The lowest BCUT2D eigenvalue weighted by molar-refractivity contribution is -0.137. The SMILES string of the molecule is CCC(C)N1CCN(c2cccc(C(F)(F)F)c2)CC1. The highest BCUT2D eigenvalue weighted by molar-refractivity contribution is 5.49. The highest BCUT2D eigenvalue weighted by Gasteiger charge is 2.31. The fourth-order valence-corrected chi connectivity index (χ4v) is 2.56. The van der Waals surface area contributed by atoms with E-state index >= 15 is 0 Å². The number of piperazine rings is 1. The summed E-state index contributed by atoms with van der Waals surface area (Å²) >= 11 is 0. The summed E-state index contributed by atoms with van der Waals surface area (Å²) in [5, 5.41) is 0. The zero-order chi connectivity index (χ0) is 14.8. The second-order valence-electron chi connectivity index (χ2n) is 5.33. The molecule has 20 heavy (non-hydrogen) atoms. The first-order valence-electron chi connectivity index (χ1n) is 7.08. The zero-order valence-corrected chi connectivity index (χ0v) is 12.0. The lowest BCUT2D eigenvalue weighted by Gasteiger charge is -2.39. The van der Waals surface area contributed by atoms with Gasteiger partial charge in [0.1, 0.15) is 0 Å². The Morgan fingerprint density at radius 3 is 2.35 bits per heavy atom. The van der Waals surface area contributed by atoms with E-state index in [9.17, 15) is 13.2 Å². The molecule has 112 valence electrons. The predicted octanol–water partition coefficient (Wildman–Crippen LogP) is 3.63. The van der Waals surface area contributed by atoms with E-state index in [-0.39, 0.29) is 0 Å². The summed E-state index contributed by atoms with van der Waals surface area (Å²) in [6.45, 7) is 7.73. The number of benzene rings is 1. The van der Waals surface area contributed by atoms with Crippen molar-refractivity contribution in [3.63, 3.8) is 0 Å². The molecule has 1 aromatic rings. The van der Waals surface area contributed by atoms with E-state index in [0.717, 1.165) is 38.7 Å². The first-order valence-corrected chi connectivity index (χ1v) is 7.08. The quantitative estimate of drug-likeness (QED) is 0.837. The van der Waals surface area contributed by atoms with Gasteiger partial charge in [0.15, 0.2) is 0 Å². The second-order valence-corrected chi connectivity index (χ2v) is 5.33. The largest absolute Gasteiger partial charge is 0.416 e. The average molecular weight is 286 g/mol. The highest BCUT2D eigenvalue weighted by Crippen LogP contribution is 2.31. The summed E-state index contributed by atoms with van der Waals surface area (Å²) < 4.78 is 38.2. The van der Waals surface area contributed by atoms with Crippen LogP contribution in [0, 0.1) is 0 Å². The van der Waals surface area contributed by atoms with E-state index in [1.165, 1.54) is 12.1 Å². The maximum atomic E-state index is 12.7. The molecule has 0 amide bonds. The monoisotopic (exact) mass is 286 g/mol. The summed E-state index contributed by atoms with van der Waals surface area (Å²) in [6.07, 6.45) is -3.17. The molecule has 1 fully saturated rings. The normalized spacial score (nSPS) is 19.1. The van der Waals surface area contributed by atoms with Crippen LogP contribution in [0.25, 0.3) is 0 Å². The third-order valence-electron chi connectivity index (χ3n) is 4.07. The number of alkyl halides is 3. The summed E-state index contributed by atoms with van der Waals surface area (Å²) in [5.74, 6) is 0. The van der Waals surface area contributed by atoms with Gasteiger partial charge in [0.2, 0.25) is 0 Å². The Hall–Kier alpha value is -1.23. The first-order chi connectivity index (χ1) is 9.41. The summed E-state index contributed by atoms with van der Waals surface area (Å²) in [4.78, 5) is 4.43. The van der Waals surface area contributed by atoms with Gasteiger partial charge in [-0.2, -0.15) is 13.2 Å². The van der Waals surface area contributed by atoms with Crippen LogP contribution >= 0.6 is 0 Å². The van der Waals surface area contributed by atoms with Crippen molar-refractivity contribution in [1.82, 2.24) is 4.90 Å². The molecule has 5 heteroatoms. The molecule has 0 saturated carbocycles. The van der Waals surface area contributed by atoms with Crippen molar-refractivity contribution in [2.45, 2.75) is 32.5 Å². The Labute approximate surface area is 118 Å². The number of nitrogens with zero attached hydrogens (tertiary/aromatic N) is 2. The Morgan fingerprint density at radius 2 is 1.80 bits per heavy atom. The number of hydrogen-bond acceptors (Lipinski definition) is 2. The van der Waals surface area contributed by atoms with Gasteiger partial charge in [0.05, 0.1) is 5.56 Å². The zero-order valence-electron chi connectivity index (χ0n) is 12.0. The number of hydrogen-bond donors (Lipinski definition) is 0. The summed E-state index contributed by atoms with van der Waals surface area (Å²) in [5.41, 5.74) is 0.1000. The van der Waals surface area contributed by atoms with Gasteiger partial charge in [-0.15, -0.1) is 0 Å². The Balaban J connectivity index is 2.04. The molecule has 0 bridgehead atoms. The molecule has 1 aliphatic heterocycles. The van der Waals surface area contributed by atoms with Crippen LogP contribution in [0.15, 0.2) is 24.3 Å². The number of rotatable bonds is 3. The molecule has 1 aliphatic rings. The van der Waals surface area contributed by atoms with E-state index in [1.807, 2.05) is 4.90 Å². The first kappa shape index (κ1) is 15.2. The van der Waals surface area contributed by atoms with Crippen molar-refractivity contribution in [3.05, 3.63) is 29.8 Å². The molecule has 0 spiro atoms. The van der Waals surface area contributed by atoms with Crippen molar-refractivity contribution in [3.8, 4) is 0 Å². The topological polar surface area (TPSA) is 6.48 Å². The van der Waals surface area contributed by atoms with Gasteiger partial charge in [-0.3, -0.25) is 4.90 Å². The molecule has 2 nitrogen and oxygen atoms in total. The molecule has 1 saturated heterocycles. The molecule has 1 aromatic carbocycles. The molecule has 0 radical (unpaired) electrons. The lowest BCUT2D eigenvalue weighted by atomic mass is 10.1. The van der Waals surface area contributed by atoms with Crippen molar-refractivity contribution < 1.29 is 13.2 Å². The minimum atomic E-state index is -4.27. The standard InChI is InChI=1S/C15H21F3N2/c1-3-12(2)19-7-9-20(10-8-19)14-6-4-5-13(11-14)15(16,17)18/h4-6,11-12H,3,7-10H2,1-2H3. The van der Waals surface area contributed by atoms with Crippen molar-refractivity contribution in [1.29, 1.82) is 0 Å². The van der Waals surface area contributed by atoms with E-state index in [2.05, 4.69) is 18.7 Å². The van der Waals surface area contributed by atoms with Gasteiger partial charge in [-0.25, -0.2) is 0 Å². The minimum Gasteiger partial charge on any atom is -0.369 e. The molecule has 1 heterocycles. The summed E-state index contributed by atoms with van der Waals surface area (Å²) in [6, 6.07) is 6.16. The van der Waals surface area contributed by atoms with Crippen LogP contribution < -0.4 is 4.90 Å². The molecule has 2 rings (SSSR count). The molecule has 0 aliphatic carbocycles. The smallest absolute Gasteiger partial charge is 0.369 e. The predicted molar refractivity (Wildman–Crippen MR) is 75.0 cm³/mol. The van der Waals surface area contributed by atoms with Crippen LogP contribution in [0.2, 0.25) is 0 Å². The van der Waals surface area contributed by atoms with Gasteiger partial charge in [0.25, 0.3) is 0 Å². The van der Waals surface area contributed by atoms with Gasteiger partial charge < -0.3 is 4.90 Å². The van der Waals surface area contributed by atoms with Crippen LogP contribution in [0.1, 0.15) is 25.8 Å². The van der Waals surface area contributed by atoms with Gasteiger partial charge in [0, 0.05) is 37.9 Å². The molecule has 0 N–H and O–H groups in total. The highest BCUT2D eigenvalue weighted by atomic mass is 19.4. The van der Waals surface area contributed by atoms with Crippen molar-refractivity contribution >= 4 is 5.69 Å². The molecule has 1 unspecified atom stereocenters. The third-order valence-corrected chi connectivity index (χ3v) is 4.07. The van der Waals surface area contributed by atoms with E-state index < -0.39 is 11.7 Å². The van der Waals surface area contributed by atoms with Crippen molar-refractivity contribution in [2.75, 3.05) is 31.1 Å². The molecule has 1 atom stereocenters. The van der Waals surface area contributed by atoms with Crippen LogP contribution in [0.4, 0.5) is 18.9 Å². The van der Waals surface area contributed by atoms with E-state index in [1.54, 1.807) is 6.07 Å². The fraction of sp³-hybridized carbons (Fsp3) is 0.600. The lowest BCUT2D eigenvalue weighted by Crippen LogP contribution is -2.49. The third kappa shape index (κ3) is 3.45. The van der Waals surface area contributed by atoms with Crippen LogP contribution in [0.3, 0.4) is 0 Å². The van der Waals surface area contributed by atoms with Gasteiger partial charge in [-0.1, -0.05) is 13.0 Å². The van der Waals surface area contributed by atoms with Gasteiger partial charge >= 0.3 is 6.18 Å². The van der Waals surface area contributed by atoms with Crippen molar-refractivity contribution in [2.24, 2.45) is 0 Å². The average Bonchev–Trinajstić information content (AvgIpc) is 2.46. The van der Waals surface area contributed by atoms with Crippen LogP contribution in [0.5, 0.6) is 0 Å². The molecular weight excluding hydrogens is 265 g/mol. The Bertz CT molecular complexity index is 437. The minimum absolute atomic E-state index is 0.540. The van der Waals surface area contributed by atoms with Gasteiger partial charge in [-0.05, 0) is 31.5 Å². The molecule has 0 aromatic heterocycles. The second kappa shape index (κ2) is 6.04. The maximum Gasteiger partial charge on any atom is 0.416 e. The molecular formula is C15H21F3N2. The fourth-order valence-electron chi connectivity index (χ4n) is 2.56. The van der Waals surface area contributed by atoms with E-state index in [4.69, 9.17) is 0 Å².